The van der Waals surface area contributed by atoms with Crippen LogP contribution >= 0.6 is 0 Å². The summed E-state index contributed by atoms with van der Waals surface area (Å²) in [5, 5.41) is 0. The number of unbranched alkanes of at least 4 members (excludes halogenated alkanes) is 2. The largest absolute Gasteiger partial charge is 0.490 e. The Morgan fingerprint density at radius 2 is 1.63 bits per heavy atom. The molecule has 1 fully saturated rings. The summed E-state index contributed by atoms with van der Waals surface area (Å²) in [5.41, 5.74) is 2.63. The normalized spacial score (nSPS) is 17.7. The molecule has 1 heterocycles. The van der Waals surface area contributed by atoms with Crippen LogP contribution in [0.15, 0.2) is 66.7 Å². The average molecular weight is 523 g/mol. The maximum atomic E-state index is 15.1. The molecule has 4 rings (SSSR count). The standard InChI is InChI=1S/C33H37F3O2/c1-3-5-7-9-23-10-18-30(38-22-23)26-15-16-27(29(34)21-26)24-11-13-25(14-12-24)28-17-19-31(33(36)32(28)35)37-20-8-6-4-2/h4,6,11-17,19,21,23,30H,3,5,7-10,18,20,22H2,1-2H3/b6-4-. The van der Waals surface area contributed by atoms with Crippen molar-refractivity contribution in [2.24, 2.45) is 5.92 Å². The lowest BCUT2D eigenvalue weighted by Gasteiger charge is -2.29. The second-order valence-electron chi connectivity index (χ2n) is 10.0. The van der Waals surface area contributed by atoms with Crippen molar-refractivity contribution in [2.45, 2.75) is 64.9 Å². The third kappa shape index (κ3) is 6.87. The molecule has 3 aromatic carbocycles. The minimum absolute atomic E-state index is 0.0729. The smallest absolute Gasteiger partial charge is 0.201 e. The van der Waals surface area contributed by atoms with Gasteiger partial charge in [-0.1, -0.05) is 74.7 Å². The number of hydrogen-bond donors (Lipinski definition) is 0. The van der Waals surface area contributed by atoms with Gasteiger partial charge in [0.15, 0.2) is 11.6 Å². The van der Waals surface area contributed by atoms with Gasteiger partial charge in [0.25, 0.3) is 0 Å². The van der Waals surface area contributed by atoms with Gasteiger partial charge in [0, 0.05) is 11.1 Å². The van der Waals surface area contributed by atoms with Crippen molar-refractivity contribution < 1.29 is 22.6 Å². The number of hydrogen-bond acceptors (Lipinski definition) is 2. The molecule has 0 N–H and O–H groups in total. The summed E-state index contributed by atoms with van der Waals surface area (Å²) in [4.78, 5) is 0. The van der Waals surface area contributed by atoms with Crippen LogP contribution in [-0.2, 0) is 4.74 Å². The zero-order valence-corrected chi connectivity index (χ0v) is 22.3. The van der Waals surface area contributed by atoms with Crippen molar-refractivity contribution in [3.8, 4) is 28.0 Å². The molecule has 2 nitrogen and oxygen atoms in total. The van der Waals surface area contributed by atoms with Gasteiger partial charge in [-0.15, -0.1) is 0 Å². The van der Waals surface area contributed by atoms with Crippen LogP contribution in [0.2, 0.25) is 0 Å². The Balaban J connectivity index is 1.42. The maximum absolute atomic E-state index is 15.1. The molecule has 0 aromatic heterocycles. The van der Waals surface area contributed by atoms with E-state index in [0.717, 1.165) is 25.0 Å². The Bertz CT molecular complexity index is 1210. The maximum Gasteiger partial charge on any atom is 0.201 e. The monoisotopic (exact) mass is 522 g/mol. The van der Waals surface area contributed by atoms with Crippen molar-refractivity contribution in [1.29, 1.82) is 0 Å². The number of rotatable bonds is 11. The van der Waals surface area contributed by atoms with Gasteiger partial charge in [0.2, 0.25) is 5.82 Å². The van der Waals surface area contributed by atoms with Crippen LogP contribution in [0.1, 0.15) is 70.5 Å². The van der Waals surface area contributed by atoms with Gasteiger partial charge in [0.1, 0.15) is 5.82 Å². The van der Waals surface area contributed by atoms with Gasteiger partial charge in [-0.3, -0.25) is 0 Å². The molecule has 1 aliphatic rings. The predicted molar refractivity (Wildman–Crippen MR) is 148 cm³/mol. The summed E-state index contributed by atoms with van der Waals surface area (Å²) in [7, 11) is 0. The first kappa shape index (κ1) is 28.0. The van der Waals surface area contributed by atoms with Gasteiger partial charge in [-0.25, -0.2) is 8.78 Å². The number of halogens is 3. The van der Waals surface area contributed by atoms with E-state index >= 15 is 4.39 Å². The highest BCUT2D eigenvalue weighted by Gasteiger charge is 2.23. The first-order valence-corrected chi connectivity index (χ1v) is 13.8. The Labute approximate surface area is 224 Å². The third-order valence-electron chi connectivity index (χ3n) is 7.28. The molecular weight excluding hydrogens is 485 g/mol. The van der Waals surface area contributed by atoms with Crippen LogP contribution < -0.4 is 4.74 Å². The van der Waals surface area contributed by atoms with E-state index in [1.54, 1.807) is 36.4 Å². The third-order valence-corrected chi connectivity index (χ3v) is 7.28. The van der Waals surface area contributed by atoms with Crippen molar-refractivity contribution in [1.82, 2.24) is 0 Å². The van der Waals surface area contributed by atoms with Gasteiger partial charge in [-0.2, -0.15) is 4.39 Å². The van der Waals surface area contributed by atoms with Gasteiger partial charge in [-0.05, 0) is 73.4 Å². The van der Waals surface area contributed by atoms with E-state index in [-0.39, 0.29) is 29.8 Å². The first-order chi connectivity index (χ1) is 18.5. The van der Waals surface area contributed by atoms with E-state index in [1.807, 2.05) is 25.1 Å². The molecular formula is C33H37F3O2. The molecule has 202 valence electrons. The lowest BCUT2D eigenvalue weighted by molar-refractivity contribution is -0.0200. The Hall–Kier alpha value is -3.05. The summed E-state index contributed by atoms with van der Waals surface area (Å²) in [6, 6.07) is 15.0. The van der Waals surface area contributed by atoms with E-state index in [0.29, 0.717) is 29.0 Å². The molecule has 2 atom stereocenters. The number of ether oxygens (including phenoxy) is 2. The van der Waals surface area contributed by atoms with E-state index in [2.05, 4.69) is 6.92 Å². The van der Waals surface area contributed by atoms with Crippen molar-refractivity contribution in [3.05, 3.63) is 89.8 Å². The Morgan fingerprint density at radius 3 is 2.29 bits per heavy atom. The lowest BCUT2D eigenvalue weighted by atomic mass is 9.90. The summed E-state index contributed by atoms with van der Waals surface area (Å²) >= 11 is 0. The molecule has 0 spiro atoms. The Morgan fingerprint density at radius 1 is 0.895 bits per heavy atom. The fourth-order valence-electron chi connectivity index (χ4n) is 5.04. The van der Waals surface area contributed by atoms with E-state index in [9.17, 15) is 8.78 Å². The summed E-state index contributed by atoms with van der Waals surface area (Å²) < 4.78 is 55.9. The first-order valence-electron chi connectivity index (χ1n) is 13.8. The topological polar surface area (TPSA) is 18.5 Å². The molecule has 0 saturated carbocycles. The van der Waals surface area contributed by atoms with Crippen molar-refractivity contribution in [3.63, 3.8) is 0 Å². The minimum Gasteiger partial charge on any atom is -0.490 e. The van der Waals surface area contributed by atoms with Crippen molar-refractivity contribution in [2.75, 3.05) is 13.2 Å². The summed E-state index contributed by atoms with van der Waals surface area (Å²) in [6.07, 6.45) is 11.3. The van der Waals surface area contributed by atoms with Gasteiger partial charge < -0.3 is 9.47 Å². The van der Waals surface area contributed by atoms with Crippen LogP contribution in [0.3, 0.4) is 0 Å². The second-order valence-corrected chi connectivity index (χ2v) is 10.0. The van der Waals surface area contributed by atoms with E-state index < -0.39 is 11.6 Å². The molecule has 1 aliphatic heterocycles. The molecule has 0 amide bonds. The zero-order valence-electron chi connectivity index (χ0n) is 22.3. The molecule has 1 saturated heterocycles. The quantitative estimate of drug-likeness (QED) is 0.184. The highest BCUT2D eigenvalue weighted by molar-refractivity contribution is 5.71. The van der Waals surface area contributed by atoms with Crippen LogP contribution in [0, 0.1) is 23.4 Å². The van der Waals surface area contributed by atoms with Crippen molar-refractivity contribution >= 4 is 0 Å². The summed E-state index contributed by atoms with van der Waals surface area (Å²) in [5.74, 6) is -1.79. The lowest BCUT2D eigenvalue weighted by Crippen LogP contribution is -2.20. The second kappa shape index (κ2) is 13.7. The molecule has 0 aliphatic carbocycles. The van der Waals surface area contributed by atoms with Gasteiger partial charge >= 0.3 is 0 Å². The average Bonchev–Trinajstić information content (AvgIpc) is 2.94. The highest BCUT2D eigenvalue weighted by Crippen LogP contribution is 2.36. The minimum atomic E-state index is -1.01. The predicted octanol–water partition coefficient (Wildman–Crippen LogP) is 9.83. The number of benzene rings is 3. The van der Waals surface area contributed by atoms with Crippen LogP contribution in [-0.4, -0.2) is 13.2 Å². The molecule has 0 bridgehead atoms. The fourth-order valence-corrected chi connectivity index (χ4v) is 5.04. The molecule has 0 radical (unpaired) electrons. The van der Waals surface area contributed by atoms with Crippen LogP contribution in [0.4, 0.5) is 13.2 Å². The van der Waals surface area contributed by atoms with E-state index in [4.69, 9.17) is 9.47 Å². The SMILES string of the molecule is C/C=C\CCOc1ccc(-c2ccc(-c3ccc(C4CCC(CCCCC)CO4)cc3F)cc2)c(F)c1F. The number of allylic oxidation sites excluding steroid dienone is 1. The zero-order chi connectivity index (χ0) is 26.9. The molecule has 2 unspecified atom stereocenters. The van der Waals surface area contributed by atoms with Crippen LogP contribution in [0.5, 0.6) is 5.75 Å². The highest BCUT2D eigenvalue weighted by atomic mass is 19.2. The molecule has 5 heteroatoms. The molecule has 38 heavy (non-hydrogen) atoms. The Kier molecular flexibility index (Phi) is 10.1. The van der Waals surface area contributed by atoms with Crippen LogP contribution in [0.25, 0.3) is 22.3 Å². The molecule has 3 aromatic rings. The van der Waals surface area contributed by atoms with E-state index in [1.165, 1.54) is 37.8 Å². The fraction of sp³-hybridized carbons (Fsp3) is 0.394. The summed E-state index contributed by atoms with van der Waals surface area (Å²) in [6.45, 7) is 5.11. The van der Waals surface area contributed by atoms with Gasteiger partial charge in [0.05, 0.1) is 19.3 Å².